The summed E-state index contributed by atoms with van der Waals surface area (Å²) in [5, 5.41) is 2.82. The molecule has 1 fully saturated rings. The van der Waals surface area contributed by atoms with Crippen LogP contribution in [0.1, 0.15) is 23.7 Å². The Morgan fingerprint density at radius 2 is 2.00 bits per heavy atom. The van der Waals surface area contributed by atoms with Crippen molar-refractivity contribution in [1.29, 1.82) is 0 Å². The van der Waals surface area contributed by atoms with Crippen molar-refractivity contribution in [1.82, 2.24) is 0 Å². The molecule has 1 N–H and O–H groups in total. The first-order chi connectivity index (χ1) is 9.10. The highest BCUT2D eigenvalue weighted by Gasteiger charge is 2.28. The Kier molecular flexibility index (Phi) is 4.16. The lowest BCUT2D eigenvalue weighted by atomic mass is 10.1. The summed E-state index contributed by atoms with van der Waals surface area (Å²) < 4.78 is 9.97. The van der Waals surface area contributed by atoms with Crippen molar-refractivity contribution in [2.45, 2.75) is 19.4 Å². The summed E-state index contributed by atoms with van der Waals surface area (Å²) in [6.45, 7) is 2.42. The second-order valence-corrected chi connectivity index (χ2v) is 4.63. The summed E-state index contributed by atoms with van der Waals surface area (Å²) >= 11 is 0. The van der Waals surface area contributed by atoms with E-state index >= 15 is 0 Å². The van der Waals surface area contributed by atoms with Gasteiger partial charge >= 0.3 is 5.97 Å². The smallest absolute Gasteiger partial charge is 0.337 e. The molecule has 1 aromatic rings. The molecule has 0 bridgehead atoms. The monoisotopic (exact) mass is 263 g/mol. The maximum atomic E-state index is 12.0. The minimum Gasteiger partial charge on any atom is -0.465 e. The molecule has 1 amide bonds. The SMILES string of the molecule is COC(=O)c1ccc(NC(=O)C2COC(C)C2)cc1. The average Bonchev–Trinajstić information content (AvgIpc) is 2.85. The third-order valence-electron chi connectivity index (χ3n) is 3.14. The molecule has 2 atom stereocenters. The standard InChI is InChI=1S/C14H17NO4/c1-9-7-11(8-19-9)13(16)15-12-5-3-10(4-6-12)14(17)18-2/h3-6,9,11H,7-8H2,1-2H3,(H,15,16). The van der Waals surface area contributed by atoms with Crippen molar-refractivity contribution >= 4 is 17.6 Å². The van der Waals surface area contributed by atoms with Gasteiger partial charge in [0.1, 0.15) is 0 Å². The van der Waals surface area contributed by atoms with Gasteiger partial charge in [-0.25, -0.2) is 4.79 Å². The fraction of sp³-hybridized carbons (Fsp3) is 0.429. The zero-order valence-electron chi connectivity index (χ0n) is 11.0. The molecule has 1 aromatic carbocycles. The number of rotatable bonds is 3. The molecule has 0 aromatic heterocycles. The number of methoxy groups -OCH3 is 1. The quantitative estimate of drug-likeness (QED) is 0.845. The number of hydrogen-bond donors (Lipinski definition) is 1. The first-order valence-corrected chi connectivity index (χ1v) is 6.21. The van der Waals surface area contributed by atoms with E-state index in [0.29, 0.717) is 17.9 Å². The summed E-state index contributed by atoms with van der Waals surface area (Å²) in [7, 11) is 1.33. The number of carbonyl (C=O) groups excluding carboxylic acids is 2. The molecule has 2 rings (SSSR count). The van der Waals surface area contributed by atoms with Crippen molar-refractivity contribution in [3.63, 3.8) is 0 Å². The number of ether oxygens (including phenoxy) is 2. The van der Waals surface area contributed by atoms with Crippen molar-refractivity contribution in [3.05, 3.63) is 29.8 Å². The average molecular weight is 263 g/mol. The largest absolute Gasteiger partial charge is 0.465 e. The molecule has 1 aliphatic rings. The zero-order valence-corrected chi connectivity index (χ0v) is 11.0. The first kappa shape index (κ1) is 13.5. The zero-order chi connectivity index (χ0) is 13.8. The molecule has 2 unspecified atom stereocenters. The maximum Gasteiger partial charge on any atom is 0.337 e. The molecule has 19 heavy (non-hydrogen) atoms. The number of nitrogens with one attached hydrogen (secondary N) is 1. The Bertz CT molecular complexity index is 469. The van der Waals surface area contributed by atoms with Gasteiger partial charge in [-0.2, -0.15) is 0 Å². The highest BCUT2D eigenvalue weighted by atomic mass is 16.5. The molecule has 0 aliphatic carbocycles. The topological polar surface area (TPSA) is 64.6 Å². The van der Waals surface area contributed by atoms with Gasteiger partial charge in [0, 0.05) is 5.69 Å². The summed E-state index contributed by atoms with van der Waals surface area (Å²) in [5.74, 6) is -0.540. The van der Waals surface area contributed by atoms with Gasteiger partial charge in [-0.05, 0) is 37.6 Å². The highest BCUT2D eigenvalue weighted by Crippen LogP contribution is 2.21. The van der Waals surface area contributed by atoms with Crippen molar-refractivity contribution in [2.75, 3.05) is 19.0 Å². The molecular formula is C14H17NO4. The number of hydrogen-bond acceptors (Lipinski definition) is 4. The van der Waals surface area contributed by atoms with Crippen LogP contribution >= 0.6 is 0 Å². The first-order valence-electron chi connectivity index (χ1n) is 6.21. The maximum absolute atomic E-state index is 12.0. The van der Waals surface area contributed by atoms with E-state index < -0.39 is 5.97 Å². The third kappa shape index (κ3) is 3.32. The Morgan fingerprint density at radius 3 is 2.53 bits per heavy atom. The van der Waals surface area contributed by atoms with Crippen molar-refractivity contribution < 1.29 is 19.1 Å². The van der Waals surface area contributed by atoms with E-state index in [9.17, 15) is 9.59 Å². The van der Waals surface area contributed by atoms with Crippen LogP contribution in [0.15, 0.2) is 24.3 Å². The van der Waals surface area contributed by atoms with Crippen LogP contribution in [0.25, 0.3) is 0 Å². The lowest BCUT2D eigenvalue weighted by Gasteiger charge is -2.09. The molecule has 102 valence electrons. The van der Waals surface area contributed by atoms with E-state index in [0.717, 1.165) is 6.42 Å². The van der Waals surface area contributed by atoms with Gasteiger partial charge in [-0.3, -0.25) is 4.79 Å². The number of carbonyl (C=O) groups is 2. The van der Waals surface area contributed by atoms with Gasteiger partial charge < -0.3 is 14.8 Å². The van der Waals surface area contributed by atoms with Crippen LogP contribution in [0.4, 0.5) is 5.69 Å². The van der Waals surface area contributed by atoms with Crippen molar-refractivity contribution in [3.8, 4) is 0 Å². The van der Waals surface area contributed by atoms with E-state index in [4.69, 9.17) is 4.74 Å². The molecule has 1 heterocycles. The molecular weight excluding hydrogens is 246 g/mol. The van der Waals surface area contributed by atoms with Crippen LogP contribution in [-0.4, -0.2) is 31.7 Å². The minimum absolute atomic E-state index is 0.0461. The van der Waals surface area contributed by atoms with E-state index in [1.165, 1.54) is 7.11 Å². The fourth-order valence-corrected chi connectivity index (χ4v) is 2.05. The van der Waals surface area contributed by atoms with Crippen molar-refractivity contribution in [2.24, 2.45) is 5.92 Å². The normalized spacial score (nSPS) is 22.0. The number of anilines is 1. The van der Waals surface area contributed by atoms with Gasteiger partial charge in [0.05, 0.1) is 31.3 Å². The second-order valence-electron chi connectivity index (χ2n) is 4.63. The van der Waals surface area contributed by atoms with Gasteiger partial charge in [0.25, 0.3) is 0 Å². The molecule has 5 heteroatoms. The number of amides is 1. The Morgan fingerprint density at radius 1 is 1.32 bits per heavy atom. The van der Waals surface area contributed by atoms with Crippen LogP contribution in [0.5, 0.6) is 0 Å². The van der Waals surface area contributed by atoms with E-state index in [1.54, 1.807) is 24.3 Å². The summed E-state index contributed by atoms with van der Waals surface area (Å²) in [6, 6.07) is 6.61. The molecule has 0 spiro atoms. The molecule has 0 saturated carbocycles. The molecule has 5 nitrogen and oxygen atoms in total. The van der Waals surface area contributed by atoms with Gasteiger partial charge in [-0.1, -0.05) is 0 Å². The Hall–Kier alpha value is -1.88. The predicted molar refractivity (Wildman–Crippen MR) is 69.9 cm³/mol. The van der Waals surface area contributed by atoms with Crippen LogP contribution in [0.3, 0.4) is 0 Å². The van der Waals surface area contributed by atoms with Crippen LogP contribution < -0.4 is 5.32 Å². The fourth-order valence-electron chi connectivity index (χ4n) is 2.05. The minimum atomic E-state index is -0.393. The number of esters is 1. The summed E-state index contributed by atoms with van der Waals surface area (Å²) in [5.41, 5.74) is 1.12. The number of benzene rings is 1. The van der Waals surface area contributed by atoms with E-state index in [1.807, 2.05) is 6.92 Å². The van der Waals surface area contributed by atoms with Crippen LogP contribution in [-0.2, 0) is 14.3 Å². The van der Waals surface area contributed by atoms with Crippen LogP contribution in [0, 0.1) is 5.92 Å². The van der Waals surface area contributed by atoms with Crippen LogP contribution in [0.2, 0.25) is 0 Å². The van der Waals surface area contributed by atoms with Gasteiger partial charge in [-0.15, -0.1) is 0 Å². The Labute approximate surface area is 111 Å². The van der Waals surface area contributed by atoms with E-state index in [-0.39, 0.29) is 17.9 Å². The lowest BCUT2D eigenvalue weighted by molar-refractivity contribution is -0.119. The highest BCUT2D eigenvalue weighted by molar-refractivity contribution is 5.94. The molecule has 0 radical (unpaired) electrons. The molecule has 1 aliphatic heterocycles. The predicted octanol–water partition coefficient (Wildman–Crippen LogP) is 1.84. The Balaban J connectivity index is 1.96. The lowest BCUT2D eigenvalue weighted by Crippen LogP contribution is -2.23. The summed E-state index contributed by atoms with van der Waals surface area (Å²) in [4.78, 5) is 23.2. The second kappa shape index (κ2) is 5.84. The van der Waals surface area contributed by atoms with Gasteiger partial charge in [0.2, 0.25) is 5.91 Å². The summed E-state index contributed by atoms with van der Waals surface area (Å²) in [6.07, 6.45) is 0.879. The van der Waals surface area contributed by atoms with Gasteiger partial charge in [0.15, 0.2) is 0 Å². The van der Waals surface area contributed by atoms with E-state index in [2.05, 4.69) is 10.1 Å². The molecule has 1 saturated heterocycles. The third-order valence-corrected chi connectivity index (χ3v) is 3.14.